The first-order valence-corrected chi connectivity index (χ1v) is 18.1. The number of hydrogen-bond donors (Lipinski definition) is 2. The van der Waals surface area contributed by atoms with E-state index in [-0.39, 0.29) is 24.3 Å². The largest absolute Gasteiger partial charge is 0.490 e. The van der Waals surface area contributed by atoms with Gasteiger partial charge in [-0.05, 0) is 55.2 Å². The molecule has 0 radical (unpaired) electrons. The number of carbonyl (C=O) groups is 1. The number of unbranched alkanes of at least 4 members (excludes halogenated alkanes) is 2. The summed E-state index contributed by atoms with van der Waals surface area (Å²) < 4.78 is 18.2. The highest BCUT2D eigenvalue weighted by molar-refractivity contribution is 6.32. The molecule has 1 atom stereocenters. The summed E-state index contributed by atoms with van der Waals surface area (Å²) in [5.74, 6) is 1.64. The topological polar surface area (TPSA) is 111 Å². The average Bonchev–Trinajstić information content (AvgIpc) is 3.10. The summed E-state index contributed by atoms with van der Waals surface area (Å²) in [5, 5.41) is 7.46. The van der Waals surface area contributed by atoms with Gasteiger partial charge in [-0.1, -0.05) is 50.8 Å². The molecule has 1 unspecified atom stereocenters. The Balaban J connectivity index is 1.27. The summed E-state index contributed by atoms with van der Waals surface area (Å²) >= 11 is 12.5. The minimum Gasteiger partial charge on any atom is -0.490 e. The fourth-order valence-electron chi connectivity index (χ4n) is 5.63. The molecule has 0 bridgehead atoms. The lowest BCUT2D eigenvalue weighted by Crippen LogP contribution is -2.44. The maximum absolute atomic E-state index is 12.6. The van der Waals surface area contributed by atoms with Crippen LogP contribution in [0.3, 0.4) is 0 Å². The number of nitrogens with zero attached hydrogens (tertiary/aromatic N) is 4. The quantitative estimate of drug-likeness (QED) is 0.0989. The van der Waals surface area contributed by atoms with Gasteiger partial charge in [0.25, 0.3) is 0 Å². The van der Waals surface area contributed by atoms with Crippen LogP contribution < -0.4 is 20.1 Å². The van der Waals surface area contributed by atoms with Gasteiger partial charge in [-0.2, -0.15) is 0 Å². The molecule has 262 valence electrons. The van der Waals surface area contributed by atoms with E-state index in [1.54, 1.807) is 6.07 Å². The van der Waals surface area contributed by atoms with E-state index in [1.807, 2.05) is 36.5 Å². The summed E-state index contributed by atoms with van der Waals surface area (Å²) in [7, 11) is 0. The summed E-state index contributed by atoms with van der Waals surface area (Å²) in [6.07, 6.45) is 10.6. The molecule has 3 heterocycles. The van der Waals surface area contributed by atoms with E-state index in [1.165, 1.54) is 11.9 Å². The Labute approximate surface area is 298 Å². The van der Waals surface area contributed by atoms with Crippen molar-refractivity contribution >= 4 is 57.2 Å². The minimum absolute atomic E-state index is 0.176. The molecule has 10 nitrogen and oxygen atoms in total. The van der Waals surface area contributed by atoms with Gasteiger partial charge in [0.15, 0.2) is 0 Å². The second kappa shape index (κ2) is 18.9. The molecule has 2 N–H and O–H groups in total. The van der Waals surface area contributed by atoms with E-state index in [0.29, 0.717) is 57.8 Å². The summed E-state index contributed by atoms with van der Waals surface area (Å²) in [6, 6.07) is 13.2. The number of fused-ring (bicyclic) bond motifs is 1. The minimum atomic E-state index is -0.206. The number of morpholine rings is 1. The predicted octanol–water partition coefficient (Wildman–Crippen LogP) is 8.18. The van der Waals surface area contributed by atoms with Crippen LogP contribution >= 0.6 is 23.2 Å². The molecule has 4 aromatic rings. The molecular weight excluding hydrogens is 663 g/mol. The molecule has 1 fully saturated rings. The van der Waals surface area contributed by atoms with Gasteiger partial charge >= 0.3 is 0 Å². The molecule has 0 saturated carbocycles. The Kier molecular flexibility index (Phi) is 14.1. The highest BCUT2D eigenvalue weighted by Gasteiger charge is 2.20. The highest BCUT2D eigenvalue weighted by Crippen LogP contribution is 2.35. The first-order valence-electron chi connectivity index (χ1n) is 17.2. The van der Waals surface area contributed by atoms with E-state index in [0.717, 1.165) is 70.5 Å². The number of carbonyl (C=O) groups excluding carboxylic acids is 1. The van der Waals surface area contributed by atoms with Crippen molar-refractivity contribution in [3.63, 3.8) is 0 Å². The fourth-order valence-corrected chi connectivity index (χ4v) is 6.03. The lowest BCUT2D eigenvalue weighted by Gasteiger charge is -2.32. The number of alkyl halides is 1. The zero-order valence-corrected chi connectivity index (χ0v) is 29.9. The van der Waals surface area contributed by atoms with Crippen molar-refractivity contribution in [2.75, 3.05) is 49.4 Å². The molecular formula is C37H46Cl2N6O4. The highest BCUT2D eigenvalue weighted by atomic mass is 35.5. The Morgan fingerprint density at radius 3 is 2.69 bits per heavy atom. The van der Waals surface area contributed by atoms with Crippen LogP contribution in [0.4, 0.5) is 17.2 Å². The normalized spacial score (nSPS) is 14.9. The van der Waals surface area contributed by atoms with Crippen molar-refractivity contribution in [3.8, 4) is 11.5 Å². The number of rotatable bonds is 18. The van der Waals surface area contributed by atoms with Crippen LogP contribution in [0.15, 0.2) is 55.0 Å². The Bertz CT molecular complexity index is 1660. The van der Waals surface area contributed by atoms with Crippen LogP contribution in [0, 0.1) is 0 Å². The zero-order valence-electron chi connectivity index (χ0n) is 28.4. The number of amides is 1. The predicted molar refractivity (Wildman–Crippen MR) is 197 cm³/mol. The molecule has 1 aliphatic heterocycles. The van der Waals surface area contributed by atoms with Gasteiger partial charge in [0.05, 0.1) is 34.6 Å². The van der Waals surface area contributed by atoms with Crippen molar-refractivity contribution in [2.45, 2.75) is 71.5 Å². The van der Waals surface area contributed by atoms with Crippen LogP contribution in [0.1, 0.15) is 63.6 Å². The number of aromatic nitrogens is 3. The van der Waals surface area contributed by atoms with Gasteiger partial charge in [-0.3, -0.25) is 14.7 Å². The molecule has 0 spiro atoms. The molecule has 12 heteroatoms. The SMILES string of the molecule is CCCCc1ccc(COc2ccc(Nc3ncnc4cc(OCCN5CCOC(CCCC)C5)c(NC(=O)CCCl)cc34)cc2Cl)nc1. The standard InChI is InChI=1S/C37H46Cl2N6O4/c1-3-5-7-26-9-10-28(40-22-26)24-49-34-12-11-27(19-31(34)39)43-37-30-20-33(44-36(46)13-14-38)35(21-32(30)41-25-42-37)48-18-16-45-15-17-47-29(23-45)8-6-4-2/h9-12,19-22,25,29H,3-8,13-18,23-24H2,1-2H3,(H,44,46)(H,41,42,43). The lowest BCUT2D eigenvalue weighted by atomic mass is 10.1. The van der Waals surface area contributed by atoms with Crippen molar-refractivity contribution in [3.05, 3.63) is 71.3 Å². The zero-order chi connectivity index (χ0) is 34.4. The molecule has 1 saturated heterocycles. The number of ether oxygens (including phenoxy) is 3. The number of anilines is 3. The maximum Gasteiger partial charge on any atom is 0.225 e. The van der Waals surface area contributed by atoms with Crippen molar-refractivity contribution in [1.82, 2.24) is 19.9 Å². The van der Waals surface area contributed by atoms with Crippen LogP contribution in [0.5, 0.6) is 11.5 Å². The molecule has 1 aliphatic rings. The Morgan fingerprint density at radius 2 is 1.92 bits per heavy atom. The van der Waals surface area contributed by atoms with Gasteiger partial charge in [-0.25, -0.2) is 9.97 Å². The Morgan fingerprint density at radius 1 is 1.04 bits per heavy atom. The van der Waals surface area contributed by atoms with Gasteiger partial charge in [0.2, 0.25) is 5.91 Å². The molecule has 5 rings (SSSR count). The second-order valence-corrected chi connectivity index (χ2v) is 13.0. The molecule has 1 amide bonds. The van der Waals surface area contributed by atoms with Crippen LogP contribution in [-0.2, 0) is 22.6 Å². The third kappa shape index (κ3) is 10.9. The Hall–Kier alpha value is -3.70. The van der Waals surface area contributed by atoms with E-state index in [4.69, 9.17) is 37.4 Å². The smallest absolute Gasteiger partial charge is 0.225 e. The number of halogens is 2. The molecule has 0 aliphatic carbocycles. The van der Waals surface area contributed by atoms with E-state index < -0.39 is 0 Å². The number of hydrogen-bond acceptors (Lipinski definition) is 9. The third-order valence-corrected chi connectivity index (χ3v) is 8.86. The monoisotopic (exact) mass is 708 g/mol. The van der Waals surface area contributed by atoms with Crippen molar-refractivity contribution in [2.24, 2.45) is 0 Å². The van der Waals surface area contributed by atoms with Crippen LogP contribution in [0.2, 0.25) is 5.02 Å². The maximum atomic E-state index is 12.6. The van der Waals surface area contributed by atoms with Crippen LogP contribution in [0.25, 0.3) is 10.9 Å². The second-order valence-electron chi connectivity index (χ2n) is 12.2. The summed E-state index contributed by atoms with van der Waals surface area (Å²) in [5.41, 5.74) is 3.96. The number of aryl methyl sites for hydroxylation is 1. The van der Waals surface area contributed by atoms with Gasteiger partial charge in [0.1, 0.15) is 36.9 Å². The summed E-state index contributed by atoms with van der Waals surface area (Å²) in [6.45, 7) is 8.38. The number of nitrogens with one attached hydrogen (secondary N) is 2. The third-order valence-electron chi connectivity index (χ3n) is 8.38. The van der Waals surface area contributed by atoms with E-state index in [9.17, 15) is 4.79 Å². The van der Waals surface area contributed by atoms with Gasteiger partial charge in [0, 0.05) is 55.3 Å². The van der Waals surface area contributed by atoms with Crippen molar-refractivity contribution in [1.29, 1.82) is 0 Å². The van der Waals surface area contributed by atoms with Crippen LogP contribution in [-0.4, -0.2) is 70.6 Å². The first kappa shape index (κ1) is 36.6. The summed E-state index contributed by atoms with van der Waals surface area (Å²) in [4.78, 5) is 28.5. The molecule has 49 heavy (non-hydrogen) atoms. The van der Waals surface area contributed by atoms with E-state index in [2.05, 4.69) is 50.4 Å². The first-order chi connectivity index (χ1) is 23.9. The number of benzene rings is 2. The fraction of sp³-hybridized carbons (Fsp3) is 0.459. The lowest BCUT2D eigenvalue weighted by molar-refractivity contribution is -0.115. The average molecular weight is 710 g/mol. The van der Waals surface area contributed by atoms with E-state index >= 15 is 0 Å². The molecule has 2 aromatic carbocycles. The van der Waals surface area contributed by atoms with Crippen molar-refractivity contribution < 1.29 is 19.0 Å². The van der Waals surface area contributed by atoms with Gasteiger partial charge < -0.3 is 24.8 Å². The van der Waals surface area contributed by atoms with Gasteiger partial charge in [-0.15, -0.1) is 11.6 Å². The number of pyridine rings is 1. The molecule has 2 aromatic heterocycles.